The molecule has 17 heavy (non-hydrogen) atoms. The molecule has 94 valence electrons. The zero-order valence-corrected chi connectivity index (χ0v) is 10.4. The van der Waals surface area contributed by atoms with Crippen LogP contribution >= 0.6 is 0 Å². The number of hydrogen-bond acceptors (Lipinski definition) is 3. The smallest absolute Gasteiger partial charge is 0.269 e. The number of carbonyl (C=O) groups excluding carboxylic acids is 1. The summed E-state index contributed by atoms with van der Waals surface area (Å²) in [5, 5.41) is 3.04. The van der Waals surface area contributed by atoms with Gasteiger partial charge in [-0.1, -0.05) is 0 Å². The van der Waals surface area contributed by atoms with Crippen molar-refractivity contribution in [3.8, 4) is 0 Å². The van der Waals surface area contributed by atoms with Crippen molar-refractivity contribution in [1.82, 2.24) is 20.2 Å². The number of piperidine rings is 1. The van der Waals surface area contributed by atoms with E-state index in [2.05, 4.69) is 34.0 Å². The fourth-order valence-electron chi connectivity index (χ4n) is 2.20. The third-order valence-electron chi connectivity index (χ3n) is 3.34. The number of aromatic nitrogens is 2. The van der Waals surface area contributed by atoms with Gasteiger partial charge in [-0.05, 0) is 26.7 Å². The molecule has 0 aromatic carbocycles. The summed E-state index contributed by atoms with van der Waals surface area (Å²) in [6.07, 6.45) is 5.13. The van der Waals surface area contributed by atoms with Gasteiger partial charge in [0, 0.05) is 25.2 Å². The Bertz CT molecular complexity index is 353. The topological polar surface area (TPSA) is 61.0 Å². The molecule has 0 spiro atoms. The highest BCUT2D eigenvalue weighted by Crippen LogP contribution is 2.13. The summed E-state index contributed by atoms with van der Waals surface area (Å²) in [5.74, 6) is -0.0505. The second-order valence-corrected chi connectivity index (χ2v) is 4.84. The molecule has 1 aromatic rings. The Labute approximate surface area is 102 Å². The van der Waals surface area contributed by atoms with Gasteiger partial charge in [0.1, 0.15) is 5.69 Å². The minimum absolute atomic E-state index is 0.0505. The Morgan fingerprint density at radius 2 is 2.24 bits per heavy atom. The number of H-pyrrole nitrogens is 1. The van der Waals surface area contributed by atoms with Gasteiger partial charge < -0.3 is 15.2 Å². The number of likely N-dealkylation sites (tertiary alicyclic amines) is 1. The van der Waals surface area contributed by atoms with Crippen LogP contribution in [0, 0.1) is 0 Å². The fourth-order valence-corrected chi connectivity index (χ4v) is 2.20. The first-order chi connectivity index (χ1) is 8.16. The van der Waals surface area contributed by atoms with Crippen molar-refractivity contribution in [2.45, 2.75) is 38.8 Å². The number of amides is 1. The van der Waals surface area contributed by atoms with E-state index in [1.165, 1.54) is 6.33 Å². The van der Waals surface area contributed by atoms with Gasteiger partial charge in [0.2, 0.25) is 0 Å². The molecule has 0 radical (unpaired) electrons. The second kappa shape index (κ2) is 5.31. The quantitative estimate of drug-likeness (QED) is 0.823. The lowest BCUT2D eigenvalue weighted by atomic mass is 10.0. The lowest BCUT2D eigenvalue weighted by molar-refractivity contribution is 0.0896. The van der Waals surface area contributed by atoms with Crippen molar-refractivity contribution < 1.29 is 4.79 Å². The Balaban J connectivity index is 1.80. The summed E-state index contributed by atoms with van der Waals surface area (Å²) in [4.78, 5) is 20.9. The molecule has 0 aliphatic carbocycles. The van der Waals surface area contributed by atoms with E-state index in [9.17, 15) is 4.79 Å². The van der Waals surface area contributed by atoms with Crippen LogP contribution in [0.1, 0.15) is 37.2 Å². The predicted octanol–water partition coefficient (Wildman–Crippen LogP) is 1.01. The summed E-state index contributed by atoms with van der Waals surface area (Å²) < 4.78 is 0. The number of aromatic amines is 1. The zero-order valence-electron chi connectivity index (χ0n) is 10.4. The Hall–Kier alpha value is -1.36. The highest BCUT2D eigenvalue weighted by molar-refractivity contribution is 5.92. The Morgan fingerprint density at radius 1 is 1.53 bits per heavy atom. The predicted molar refractivity (Wildman–Crippen MR) is 65.8 cm³/mol. The molecule has 1 aliphatic heterocycles. The number of rotatable bonds is 3. The summed E-state index contributed by atoms with van der Waals surface area (Å²) in [5.41, 5.74) is 0.538. The van der Waals surface area contributed by atoms with Gasteiger partial charge in [0.05, 0.1) is 12.5 Å². The van der Waals surface area contributed by atoms with E-state index in [1.54, 1.807) is 6.20 Å². The molecular formula is C12H20N4O. The molecular weight excluding hydrogens is 216 g/mol. The van der Waals surface area contributed by atoms with Crippen molar-refractivity contribution in [1.29, 1.82) is 0 Å². The standard InChI is InChI=1S/C12H20N4O/c1-9(2)16-5-3-10(4-6-16)15-12(17)11-7-13-8-14-11/h7-10H,3-6H2,1-2H3,(H,13,14)(H,15,17). The Morgan fingerprint density at radius 3 is 2.76 bits per heavy atom. The van der Waals surface area contributed by atoms with Crippen molar-refractivity contribution in [3.63, 3.8) is 0 Å². The van der Waals surface area contributed by atoms with Gasteiger partial charge in [-0.3, -0.25) is 4.79 Å². The van der Waals surface area contributed by atoms with Gasteiger partial charge in [0.25, 0.3) is 5.91 Å². The number of nitrogens with zero attached hydrogens (tertiary/aromatic N) is 2. The highest BCUT2D eigenvalue weighted by atomic mass is 16.1. The lowest BCUT2D eigenvalue weighted by Gasteiger charge is -2.34. The number of carbonyl (C=O) groups is 1. The van der Waals surface area contributed by atoms with E-state index in [0.29, 0.717) is 17.8 Å². The van der Waals surface area contributed by atoms with Crippen LogP contribution in [0.5, 0.6) is 0 Å². The van der Waals surface area contributed by atoms with Crippen LogP contribution in [-0.2, 0) is 0 Å². The number of hydrogen-bond donors (Lipinski definition) is 2. The van der Waals surface area contributed by atoms with Gasteiger partial charge in [-0.25, -0.2) is 4.98 Å². The first kappa shape index (κ1) is 12.1. The van der Waals surface area contributed by atoms with E-state index >= 15 is 0 Å². The van der Waals surface area contributed by atoms with Crippen LogP contribution < -0.4 is 5.32 Å². The number of nitrogens with one attached hydrogen (secondary N) is 2. The molecule has 1 amide bonds. The summed E-state index contributed by atoms with van der Waals surface area (Å²) >= 11 is 0. The maximum atomic E-state index is 11.8. The molecule has 0 atom stereocenters. The Kier molecular flexibility index (Phi) is 3.78. The molecule has 5 nitrogen and oxygen atoms in total. The molecule has 0 bridgehead atoms. The normalized spacial score (nSPS) is 18.5. The monoisotopic (exact) mass is 236 g/mol. The molecule has 1 saturated heterocycles. The third kappa shape index (κ3) is 3.06. The minimum Gasteiger partial charge on any atom is -0.348 e. The molecule has 2 N–H and O–H groups in total. The largest absolute Gasteiger partial charge is 0.348 e. The lowest BCUT2D eigenvalue weighted by Crippen LogP contribution is -2.46. The fraction of sp³-hybridized carbons (Fsp3) is 0.667. The van der Waals surface area contributed by atoms with E-state index in [4.69, 9.17) is 0 Å². The van der Waals surface area contributed by atoms with E-state index in [1.807, 2.05) is 0 Å². The van der Waals surface area contributed by atoms with Crippen LogP contribution in [0.4, 0.5) is 0 Å². The maximum absolute atomic E-state index is 11.8. The van der Waals surface area contributed by atoms with Crippen molar-refractivity contribution >= 4 is 5.91 Å². The van der Waals surface area contributed by atoms with Gasteiger partial charge >= 0.3 is 0 Å². The number of imidazole rings is 1. The van der Waals surface area contributed by atoms with Crippen LogP contribution in [0.25, 0.3) is 0 Å². The third-order valence-corrected chi connectivity index (χ3v) is 3.34. The summed E-state index contributed by atoms with van der Waals surface area (Å²) in [7, 11) is 0. The van der Waals surface area contributed by atoms with Crippen LogP contribution in [0.15, 0.2) is 12.5 Å². The highest BCUT2D eigenvalue weighted by Gasteiger charge is 2.22. The zero-order chi connectivity index (χ0) is 12.3. The van der Waals surface area contributed by atoms with Crippen molar-refractivity contribution in [2.24, 2.45) is 0 Å². The maximum Gasteiger partial charge on any atom is 0.269 e. The van der Waals surface area contributed by atoms with Gasteiger partial charge in [-0.15, -0.1) is 0 Å². The minimum atomic E-state index is -0.0505. The molecule has 5 heteroatoms. The van der Waals surface area contributed by atoms with E-state index in [0.717, 1.165) is 25.9 Å². The summed E-state index contributed by atoms with van der Waals surface area (Å²) in [6.45, 7) is 6.55. The van der Waals surface area contributed by atoms with Crippen molar-refractivity contribution in [3.05, 3.63) is 18.2 Å². The van der Waals surface area contributed by atoms with Crippen molar-refractivity contribution in [2.75, 3.05) is 13.1 Å². The molecule has 1 aliphatic rings. The first-order valence-electron chi connectivity index (χ1n) is 6.20. The molecule has 0 saturated carbocycles. The SMILES string of the molecule is CC(C)N1CCC(NC(=O)c2cnc[nH]2)CC1. The molecule has 2 rings (SSSR count). The second-order valence-electron chi connectivity index (χ2n) is 4.84. The average molecular weight is 236 g/mol. The van der Waals surface area contributed by atoms with E-state index in [-0.39, 0.29) is 5.91 Å². The van der Waals surface area contributed by atoms with Crippen LogP contribution in [0.2, 0.25) is 0 Å². The molecule has 1 aromatic heterocycles. The molecule has 0 unspecified atom stereocenters. The van der Waals surface area contributed by atoms with Gasteiger partial charge in [0.15, 0.2) is 0 Å². The van der Waals surface area contributed by atoms with Crippen LogP contribution in [-0.4, -0.2) is 45.9 Å². The average Bonchev–Trinajstić information content (AvgIpc) is 2.83. The van der Waals surface area contributed by atoms with Gasteiger partial charge in [-0.2, -0.15) is 0 Å². The van der Waals surface area contributed by atoms with Crippen LogP contribution in [0.3, 0.4) is 0 Å². The summed E-state index contributed by atoms with van der Waals surface area (Å²) in [6, 6.07) is 0.889. The molecule has 1 fully saturated rings. The molecule has 2 heterocycles. The first-order valence-corrected chi connectivity index (χ1v) is 6.20. The van der Waals surface area contributed by atoms with E-state index < -0.39 is 0 Å².